The van der Waals surface area contributed by atoms with Gasteiger partial charge in [-0.15, -0.1) is 0 Å². The average molecular weight is 198 g/mol. The quantitative estimate of drug-likeness (QED) is 0.707. The largest absolute Gasteiger partial charge is 0.390 e. The summed E-state index contributed by atoms with van der Waals surface area (Å²) >= 11 is 0. The Morgan fingerprint density at radius 3 is 2.21 bits per heavy atom. The van der Waals surface area contributed by atoms with E-state index in [9.17, 15) is 10.4 Å². The highest BCUT2D eigenvalue weighted by molar-refractivity contribution is 5.11. The molecule has 2 unspecified atom stereocenters. The second kappa shape index (κ2) is 6.00. The van der Waals surface area contributed by atoms with Gasteiger partial charge in [0.1, 0.15) is 5.54 Å². The predicted molar refractivity (Wildman–Crippen MR) is 57.9 cm³/mol. The van der Waals surface area contributed by atoms with Crippen molar-refractivity contribution in [2.75, 3.05) is 14.1 Å². The van der Waals surface area contributed by atoms with Crippen LogP contribution in [0.15, 0.2) is 0 Å². The van der Waals surface area contributed by atoms with Crippen LogP contribution in [-0.2, 0) is 0 Å². The van der Waals surface area contributed by atoms with Crippen molar-refractivity contribution in [2.45, 2.75) is 51.2 Å². The molecule has 1 N–H and O–H groups in total. The van der Waals surface area contributed by atoms with Crippen molar-refractivity contribution >= 4 is 0 Å². The van der Waals surface area contributed by atoms with E-state index in [4.69, 9.17) is 0 Å². The molecule has 0 fully saturated rings. The molecule has 0 saturated heterocycles. The van der Waals surface area contributed by atoms with Gasteiger partial charge < -0.3 is 5.11 Å². The lowest BCUT2D eigenvalue weighted by Gasteiger charge is -2.37. The molecule has 0 aliphatic rings. The van der Waals surface area contributed by atoms with Gasteiger partial charge in [-0.1, -0.05) is 26.7 Å². The zero-order valence-electron chi connectivity index (χ0n) is 9.75. The van der Waals surface area contributed by atoms with Gasteiger partial charge in [0.2, 0.25) is 0 Å². The third kappa shape index (κ3) is 2.70. The molecule has 0 radical (unpaired) electrons. The maximum atomic E-state index is 10.00. The first-order chi connectivity index (χ1) is 6.55. The number of hydrogen-bond donors (Lipinski definition) is 1. The Balaban J connectivity index is 4.75. The van der Waals surface area contributed by atoms with E-state index in [1.54, 1.807) is 0 Å². The minimum Gasteiger partial charge on any atom is -0.390 e. The molecule has 0 aromatic carbocycles. The summed E-state index contributed by atoms with van der Waals surface area (Å²) in [6.07, 6.45) is 2.67. The molecular formula is C11H22N2O. The van der Waals surface area contributed by atoms with Crippen LogP contribution < -0.4 is 0 Å². The van der Waals surface area contributed by atoms with Crippen molar-refractivity contribution in [2.24, 2.45) is 0 Å². The fraction of sp³-hybridized carbons (Fsp3) is 0.909. The molecule has 0 rings (SSSR count). The molecule has 0 aromatic heterocycles. The molecule has 0 aliphatic carbocycles. The lowest BCUT2D eigenvalue weighted by Crippen LogP contribution is -2.52. The van der Waals surface area contributed by atoms with Crippen LogP contribution in [0.1, 0.15) is 39.5 Å². The van der Waals surface area contributed by atoms with Gasteiger partial charge in [0.15, 0.2) is 0 Å². The Hall–Kier alpha value is -0.590. The summed E-state index contributed by atoms with van der Waals surface area (Å²) in [4.78, 5) is 1.84. The number of aliphatic hydroxyl groups excluding tert-OH is 1. The van der Waals surface area contributed by atoms with Crippen molar-refractivity contribution in [1.29, 1.82) is 5.26 Å². The Kier molecular flexibility index (Phi) is 5.75. The van der Waals surface area contributed by atoms with Crippen LogP contribution in [0.25, 0.3) is 0 Å². The van der Waals surface area contributed by atoms with Crippen LogP contribution >= 0.6 is 0 Å². The van der Waals surface area contributed by atoms with E-state index in [1.807, 2.05) is 32.8 Å². The van der Waals surface area contributed by atoms with Crippen LogP contribution in [0.4, 0.5) is 0 Å². The number of hydrogen-bond acceptors (Lipinski definition) is 3. The average Bonchev–Trinajstić information content (AvgIpc) is 2.14. The normalized spacial score (nSPS) is 17.5. The van der Waals surface area contributed by atoms with Gasteiger partial charge in [0.05, 0.1) is 12.2 Å². The lowest BCUT2D eigenvalue weighted by atomic mass is 9.85. The minimum absolute atomic E-state index is 0.549. The summed E-state index contributed by atoms with van der Waals surface area (Å²) < 4.78 is 0. The third-order valence-corrected chi connectivity index (χ3v) is 2.74. The highest BCUT2D eigenvalue weighted by Gasteiger charge is 2.38. The number of likely N-dealkylation sites (N-methyl/N-ethyl adjacent to an activating group) is 1. The Labute approximate surface area is 87.3 Å². The van der Waals surface area contributed by atoms with Gasteiger partial charge in [-0.25, -0.2) is 0 Å². The first kappa shape index (κ1) is 13.4. The molecule has 3 nitrogen and oxygen atoms in total. The fourth-order valence-corrected chi connectivity index (χ4v) is 1.81. The molecule has 0 amide bonds. The summed E-state index contributed by atoms with van der Waals surface area (Å²) in [5, 5.41) is 19.2. The van der Waals surface area contributed by atoms with Gasteiger partial charge in [-0.05, 0) is 26.9 Å². The summed E-state index contributed by atoms with van der Waals surface area (Å²) in [5.41, 5.74) is -0.704. The summed E-state index contributed by atoms with van der Waals surface area (Å²) in [6.45, 7) is 4.06. The molecule has 2 atom stereocenters. The van der Waals surface area contributed by atoms with Gasteiger partial charge in [0.25, 0.3) is 0 Å². The second-order valence-corrected chi connectivity index (χ2v) is 3.98. The third-order valence-electron chi connectivity index (χ3n) is 2.74. The molecule has 0 aromatic rings. The van der Waals surface area contributed by atoms with E-state index in [1.165, 1.54) is 0 Å². The smallest absolute Gasteiger partial charge is 0.134 e. The monoisotopic (exact) mass is 198 g/mol. The van der Waals surface area contributed by atoms with Crippen molar-refractivity contribution in [1.82, 2.24) is 4.90 Å². The number of rotatable bonds is 6. The maximum Gasteiger partial charge on any atom is 0.134 e. The second-order valence-electron chi connectivity index (χ2n) is 3.98. The maximum absolute atomic E-state index is 10.00. The highest BCUT2D eigenvalue weighted by atomic mass is 16.3. The number of aliphatic hydroxyl groups is 1. The van der Waals surface area contributed by atoms with Crippen LogP contribution in [-0.4, -0.2) is 35.7 Å². The topological polar surface area (TPSA) is 47.3 Å². The molecule has 0 bridgehead atoms. The van der Waals surface area contributed by atoms with Crippen molar-refractivity contribution < 1.29 is 5.11 Å². The van der Waals surface area contributed by atoms with Crippen LogP contribution in [0, 0.1) is 11.3 Å². The molecular weight excluding hydrogens is 176 g/mol. The van der Waals surface area contributed by atoms with Crippen LogP contribution in [0.5, 0.6) is 0 Å². The molecule has 3 heteroatoms. The molecule has 0 aliphatic heterocycles. The first-order valence-electron chi connectivity index (χ1n) is 5.31. The van der Waals surface area contributed by atoms with Gasteiger partial charge in [-0.2, -0.15) is 5.26 Å². The highest BCUT2D eigenvalue weighted by Crippen LogP contribution is 2.25. The van der Waals surface area contributed by atoms with E-state index in [2.05, 4.69) is 6.07 Å². The molecule has 0 heterocycles. The fourth-order valence-electron chi connectivity index (χ4n) is 1.81. The Morgan fingerprint density at radius 2 is 1.93 bits per heavy atom. The summed E-state index contributed by atoms with van der Waals surface area (Å²) in [6, 6.07) is 2.28. The van der Waals surface area contributed by atoms with E-state index in [-0.39, 0.29) is 0 Å². The van der Waals surface area contributed by atoms with E-state index >= 15 is 0 Å². The lowest BCUT2D eigenvalue weighted by molar-refractivity contribution is 0.0186. The molecule has 14 heavy (non-hydrogen) atoms. The SMILES string of the molecule is CCCC(O)C(C#N)(CCC)N(C)C. The first-order valence-corrected chi connectivity index (χ1v) is 5.31. The standard InChI is InChI=1S/C11H22N2O/c1-5-7-10(14)11(9-12,8-6-2)13(3)4/h10,14H,5-8H2,1-4H3. The zero-order valence-corrected chi connectivity index (χ0v) is 9.75. The predicted octanol–water partition coefficient (Wildman–Crippen LogP) is 1.77. The van der Waals surface area contributed by atoms with E-state index < -0.39 is 11.6 Å². The summed E-state index contributed by atoms with van der Waals surface area (Å²) in [7, 11) is 3.72. The Morgan fingerprint density at radius 1 is 1.36 bits per heavy atom. The van der Waals surface area contributed by atoms with Gasteiger partial charge in [0, 0.05) is 0 Å². The number of nitriles is 1. The van der Waals surface area contributed by atoms with Crippen molar-refractivity contribution in [3.8, 4) is 6.07 Å². The van der Waals surface area contributed by atoms with E-state index in [0.717, 1.165) is 19.3 Å². The number of nitrogens with zero attached hydrogens (tertiary/aromatic N) is 2. The van der Waals surface area contributed by atoms with Gasteiger partial charge in [-0.3, -0.25) is 4.90 Å². The Bertz CT molecular complexity index is 198. The van der Waals surface area contributed by atoms with Crippen LogP contribution in [0.3, 0.4) is 0 Å². The van der Waals surface area contributed by atoms with Gasteiger partial charge >= 0.3 is 0 Å². The summed E-state index contributed by atoms with van der Waals surface area (Å²) in [5.74, 6) is 0. The zero-order chi connectivity index (χ0) is 11.2. The molecule has 0 spiro atoms. The molecule has 0 saturated carbocycles. The van der Waals surface area contributed by atoms with E-state index in [0.29, 0.717) is 6.42 Å². The molecule has 82 valence electrons. The van der Waals surface area contributed by atoms with Crippen molar-refractivity contribution in [3.63, 3.8) is 0 Å². The minimum atomic E-state index is -0.704. The van der Waals surface area contributed by atoms with Crippen LogP contribution in [0.2, 0.25) is 0 Å². The van der Waals surface area contributed by atoms with Crippen molar-refractivity contribution in [3.05, 3.63) is 0 Å².